The van der Waals surface area contributed by atoms with Crippen molar-refractivity contribution in [1.29, 1.82) is 5.26 Å². The molecule has 0 amide bonds. The third kappa shape index (κ3) is 4.38. The molecule has 4 aromatic rings. The number of aromatic hydroxyl groups is 2. The molecule has 1 aliphatic carbocycles. The van der Waals surface area contributed by atoms with Crippen LogP contribution in [-0.2, 0) is 25.9 Å². The summed E-state index contributed by atoms with van der Waals surface area (Å²) in [5, 5.41) is 32.1. The Morgan fingerprint density at radius 2 is 1.76 bits per heavy atom. The average molecular weight is 569 g/mol. The summed E-state index contributed by atoms with van der Waals surface area (Å²) in [7, 11) is -4.41. The molecular formula is C29H20N4O7S. The zero-order chi connectivity index (χ0) is 28.7. The molecular weight excluding hydrogens is 548 g/mol. The predicted molar refractivity (Wildman–Crippen MR) is 144 cm³/mol. The third-order valence-electron chi connectivity index (χ3n) is 6.79. The van der Waals surface area contributed by atoms with Gasteiger partial charge < -0.3 is 19.7 Å². The fourth-order valence-corrected chi connectivity index (χ4v) is 5.90. The van der Waals surface area contributed by atoms with Gasteiger partial charge in [-0.3, -0.25) is 14.3 Å². The van der Waals surface area contributed by atoms with Gasteiger partial charge in [-0.15, -0.1) is 0 Å². The number of nitriles is 1. The molecule has 11 nitrogen and oxygen atoms in total. The number of allylic oxidation sites excluding steroid dienone is 1. The van der Waals surface area contributed by atoms with Crippen LogP contribution in [0.2, 0.25) is 0 Å². The molecule has 0 fully saturated rings. The maximum atomic E-state index is 13.6. The highest BCUT2D eigenvalue weighted by atomic mass is 32.2. The summed E-state index contributed by atoms with van der Waals surface area (Å²) < 4.78 is 42.8. The maximum absolute atomic E-state index is 13.6. The molecule has 41 heavy (non-hydrogen) atoms. The molecule has 2 aromatic carbocycles. The average Bonchev–Trinajstić information content (AvgIpc) is 3.61. The van der Waals surface area contributed by atoms with E-state index in [1.807, 2.05) is 36.4 Å². The number of nitrogens with zero attached hydrogens (tertiary/aromatic N) is 4. The summed E-state index contributed by atoms with van der Waals surface area (Å²) in [4.78, 5) is 17.5. The van der Waals surface area contributed by atoms with Gasteiger partial charge in [0.15, 0.2) is 5.76 Å². The molecule has 0 radical (unpaired) electrons. The molecule has 1 unspecified atom stereocenters. The number of aromatic nitrogens is 2. The van der Waals surface area contributed by atoms with Crippen LogP contribution in [-0.4, -0.2) is 46.5 Å². The summed E-state index contributed by atoms with van der Waals surface area (Å²) >= 11 is 0. The standard InChI is InChI=1S/C29H20N4O7S/c30-14-18-8-10-19(11-9-18)41(37,38)32-25-20-7-4-12-31-26(20)27(34)24-23(25)28(35)33(29(24)36)21(22-15-39-16-40-22)13-17-5-2-1-3-6-17/h1-12,15,21,35-36H,13,16H2. The second kappa shape index (κ2) is 9.96. The Labute approximate surface area is 233 Å². The predicted octanol–water partition coefficient (Wildman–Crippen LogP) is 3.57. The number of hydrogen-bond donors (Lipinski definition) is 2. The highest BCUT2D eigenvalue weighted by Crippen LogP contribution is 2.45. The van der Waals surface area contributed by atoms with Gasteiger partial charge in [0, 0.05) is 18.2 Å². The zero-order valence-electron chi connectivity index (χ0n) is 21.1. The van der Waals surface area contributed by atoms with E-state index < -0.39 is 33.6 Å². The van der Waals surface area contributed by atoms with E-state index in [2.05, 4.69) is 9.38 Å². The molecule has 204 valence electrons. The van der Waals surface area contributed by atoms with Crippen molar-refractivity contribution in [2.24, 2.45) is 4.40 Å². The number of carbonyl (C=O) groups excluding carboxylic acids is 1. The van der Waals surface area contributed by atoms with Crippen molar-refractivity contribution in [2.45, 2.75) is 17.4 Å². The van der Waals surface area contributed by atoms with E-state index in [0.717, 1.165) is 10.1 Å². The van der Waals surface area contributed by atoms with Crippen LogP contribution in [0.25, 0.3) is 0 Å². The smallest absolute Gasteiger partial charge is 0.282 e. The van der Waals surface area contributed by atoms with Gasteiger partial charge in [-0.1, -0.05) is 30.3 Å². The SMILES string of the molecule is N#Cc1ccc(S(=O)(=O)N=C2c3cccnc3C(=O)c3c2c(O)n(C(Cc2ccccc2)C2=COCO2)c3O)cc1. The van der Waals surface area contributed by atoms with Crippen LogP contribution in [0, 0.1) is 11.3 Å². The normalized spacial score (nSPS) is 15.7. The Morgan fingerprint density at radius 1 is 1.02 bits per heavy atom. The van der Waals surface area contributed by atoms with Crippen molar-refractivity contribution < 1.29 is 32.9 Å². The Bertz CT molecular complexity index is 1900. The highest BCUT2D eigenvalue weighted by molar-refractivity contribution is 7.90. The number of pyridine rings is 1. The molecule has 12 heteroatoms. The highest BCUT2D eigenvalue weighted by Gasteiger charge is 2.41. The summed E-state index contributed by atoms with van der Waals surface area (Å²) in [6.45, 7) is -0.0764. The van der Waals surface area contributed by atoms with Gasteiger partial charge in [0.05, 0.1) is 33.4 Å². The van der Waals surface area contributed by atoms with Crippen molar-refractivity contribution >= 4 is 21.5 Å². The molecule has 2 aromatic heterocycles. The zero-order valence-corrected chi connectivity index (χ0v) is 21.9. The van der Waals surface area contributed by atoms with Crippen molar-refractivity contribution in [3.63, 3.8) is 0 Å². The van der Waals surface area contributed by atoms with Crippen molar-refractivity contribution in [2.75, 3.05) is 6.79 Å². The molecule has 1 atom stereocenters. The van der Waals surface area contributed by atoms with Crippen LogP contribution in [0.3, 0.4) is 0 Å². The first-order chi connectivity index (χ1) is 19.8. The lowest BCUT2D eigenvalue weighted by molar-refractivity contribution is 0.0699. The van der Waals surface area contributed by atoms with Crippen molar-refractivity contribution in [3.05, 3.63) is 118 Å². The van der Waals surface area contributed by atoms with E-state index in [4.69, 9.17) is 14.7 Å². The largest absolute Gasteiger partial charge is 0.494 e. The molecule has 0 bridgehead atoms. The number of hydrogen-bond acceptors (Lipinski definition) is 9. The van der Waals surface area contributed by atoms with Gasteiger partial charge in [0.25, 0.3) is 10.0 Å². The van der Waals surface area contributed by atoms with E-state index in [-0.39, 0.29) is 57.5 Å². The number of benzene rings is 2. The number of ketones is 1. The fourth-order valence-electron chi connectivity index (χ4n) is 4.88. The molecule has 0 spiro atoms. The van der Waals surface area contributed by atoms with Gasteiger partial charge in [0.2, 0.25) is 24.3 Å². The first-order valence-electron chi connectivity index (χ1n) is 12.3. The van der Waals surface area contributed by atoms with Crippen LogP contribution in [0.1, 0.15) is 44.3 Å². The first kappa shape index (κ1) is 25.8. The molecule has 2 N–H and O–H groups in total. The van der Waals surface area contributed by atoms with Crippen LogP contribution in [0.4, 0.5) is 0 Å². The monoisotopic (exact) mass is 568 g/mol. The van der Waals surface area contributed by atoms with Gasteiger partial charge in [-0.2, -0.15) is 18.1 Å². The molecule has 1 aliphatic heterocycles. The molecule has 2 aliphatic rings. The Kier molecular flexibility index (Phi) is 6.28. The topological polar surface area (TPSA) is 164 Å². The van der Waals surface area contributed by atoms with E-state index in [1.165, 1.54) is 48.9 Å². The summed E-state index contributed by atoms with van der Waals surface area (Å²) in [5.41, 5.74) is 0.132. The maximum Gasteiger partial charge on any atom is 0.282 e. The minimum atomic E-state index is -4.41. The summed E-state index contributed by atoms with van der Waals surface area (Å²) in [6, 6.07) is 18.4. The molecule has 6 rings (SSSR count). The van der Waals surface area contributed by atoms with Crippen LogP contribution in [0.15, 0.2) is 94.2 Å². The van der Waals surface area contributed by atoms with Crippen molar-refractivity contribution in [1.82, 2.24) is 9.55 Å². The van der Waals surface area contributed by atoms with Crippen LogP contribution >= 0.6 is 0 Å². The fraction of sp³-hybridized carbons (Fsp3) is 0.103. The number of rotatable bonds is 6. The lowest BCUT2D eigenvalue weighted by Gasteiger charge is -2.21. The van der Waals surface area contributed by atoms with E-state index in [0.29, 0.717) is 0 Å². The Balaban J connectivity index is 1.58. The number of sulfonamides is 1. The van der Waals surface area contributed by atoms with Crippen molar-refractivity contribution in [3.8, 4) is 17.8 Å². The van der Waals surface area contributed by atoms with Gasteiger partial charge in [-0.25, -0.2) is 0 Å². The Hall–Kier alpha value is -5.41. The van der Waals surface area contributed by atoms with E-state index >= 15 is 0 Å². The number of ether oxygens (including phenoxy) is 2. The molecule has 0 saturated heterocycles. The van der Waals surface area contributed by atoms with E-state index in [1.54, 1.807) is 0 Å². The second-order valence-corrected chi connectivity index (χ2v) is 10.8. The summed E-state index contributed by atoms with van der Waals surface area (Å²) in [5.74, 6) is -1.64. The van der Waals surface area contributed by atoms with Gasteiger partial charge in [0.1, 0.15) is 18.0 Å². The Morgan fingerprint density at radius 3 is 2.44 bits per heavy atom. The molecule has 0 saturated carbocycles. The quantitative estimate of drug-likeness (QED) is 0.312. The van der Waals surface area contributed by atoms with Crippen LogP contribution in [0.5, 0.6) is 11.8 Å². The first-order valence-corrected chi connectivity index (χ1v) is 13.7. The lowest BCUT2D eigenvalue weighted by Crippen LogP contribution is -2.22. The minimum Gasteiger partial charge on any atom is -0.494 e. The minimum absolute atomic E-state index is 0.0638. The summed E-state index contributed by atoms with van der Waals surface area (Å²) in [6.07, 6.45) is 2.93. The number of fused-ring (bicyclic) bond motifs is 2. The van der Waals surface area contributed by atoms with Gasteiger partial charge in [-0.05, 0) is 42.0 Å². The number of carbonyl (C=O) groups is 1. The van der Waals surface area contributed by atoms with Gasteiger partial charge >= 0.3 is 0 Å². The third-order valence-corrected chi connectivity index (χ3v) is 8.08. The second-order valence-electron chi connectivity index (χ2n) is 9.20. The lowest BCUT2D eigenvalue weighted by atomic mass is 9.89. The van der Waals surface area contributed by atoms with E-state index in [9.17, 15) is 23.4 Å². The van der Waals surface area contributed by atoms with Crippen LogP contribution < -0.4 is 0 Å². The molecule has 3 heterocycles.